The fraction of sp³-hybridized carbons (Fsp3) is 0.667. The van der Waals surface area contributed by atoms with Gasteiger partial charge >= 0.3 is 28.2 Å². The van der Waals surface area contributed by atoms with Crippen LogP contribution in [0.2, 0.25) is 0 Å². The normalized spacial score (nSPS) is 16.9. The van der Waals surface area contributed by atoms with E-state index in [1.54, 1.807) is 18.8 Å². The van der Waals surface area contributed by atoms with Crippen LogP contribution < -0.4 is 0 Å². The average Bonchev–Trinajstić information content (AvgIpc) is 1.96. The Hall–Kier alpha value is 0.718. The standard InChI is InChI=1S/C6H10.ClH.Pt/c1-2-4-6-5-3-1;;/h1-2H,3-6H2;1H;/q;;+1/p-1. The molecule has 0 saturated carbocycles. The van der Waals surface area contributed by atoms with Crippen LogP contribution in [0.3, 0.4) is 0 Å². The molecule has 0 aromatic rings. The first-order valence-corrected chi connectivity index (χ1v) is 5.58. The molecule has 0 heterocycles. The molecule has 1 aliphatic carbocycles. The van der Waals surface area contributed by atoms with Gasteiger partial charge in [-0.1, -0.05) is 12.2 Å². The maximum atomic E-state index is 4.61. The van der Waals surface area contributed by atoms with E-state index < -0.39 is 0 Å². The molecule has 0 bridgehead atoms. The summed E-state index contributed by atoms with van der Waals surface area (Å²) in [7, 11) is 4.61. The van der Waals surface area contributed by atoms with Crippen molar-refractivity contribution in [3.05, 3.63) is 12.2 Å². The van der Waals surface area contributed by atoms with Crippen molar-refractivity contribution >= 4 is 9.42 Å². The third kappa shape index (κ3) is 4.87. The molecule has 0 N–H and O–H groups in total. The average molecular weight is 313 g/mol. The van der Waals surface area contributed by atoms with Crippen LogP contribution in [0.15, 0.2) is 12.2 Å². The molecule has 0 amide bonds. The number of hydrogen-bond acceptors (Lipinski definition) is 0. The van der Waals surface area contributed by atoms with E-state index in [4.69, 9.17) is 0 Å². The van der Waals surface area contributed by atoms with E-state index in [0.29, 0.717) is 0 Å². The fourth-order valence-electron chi connectivity index (χ4n) is 0.760. The summed E-state index contributed by atoms with van der Waals surface area (Å²) >= 11 is 1.61. The van der Waals surface area contributed by atoms with Crippen LogP contribution in [-0.2, 0) is 18.8 Å². The minimum absolute atomic E-state index is 1.32. The van der Waals surface area contributed by atoms with Crippen molar-refractivity contribution in [2.45, 2.75) is 25.7 Å². The summed E-state index contributed by atoms with van der Waals surface area (Å²) in [6.07, 6.45) is 10.0. The predicted octanol–water partition coefficient (Wildman–Crippen LogP) is 2.80. The van der Waals surface area contributed by atoms with E-state index >= 15 is 0 Å². The minimum atomic E-state index is 1.32. The summed E-state index contributed by atoms with van der Waals surface area (Å²) in [6.45, 7) is 0. The monoisotopic (exact) mass is 312 g/mol. The predicted molar refractivity (Wildman–Crippen MR) is 33.5 cm³/mol. The van der Waals surface area contributed by atoms with Gasteiger partial charge in [-0.25, -0.2) is 0 Å². The summed E-state index contributed by atoms with van der Waals surface area (Å²) in [5.41, 5.74) is 0. The molecule has 0 nitrogen and oxygen atoms in total. The SMILES string of the molecule is C1=CCCCC1.[Cl][Pt]. The van der Waals surface area contributed by atoms with Crippen molar-refractivity contribution in [2.24, 2.45) is 0 Å². The van der Waals surface area contributed by atoms with Crippen LogP contribution in [0, 0.1) is 0 Å². The molecule has 0 spiro atoms. The molecule has 2 heteroatoms. The van der Waals surface area contributed by atoms with E-state index in [-0.39, 0.29) is 0 Å². The first-order valence-electron chi connectivity index (χ1n) is 2.77. The van der Waals surface area contributed by atoms with Crippen LogP contribution in [0.1, 0.15) is 25.7 Å². The molecule has 0 aromatic heterocycles. The zero-order valence-corrected chi connectivity index (χ0v) is 7.71. The molecule has 0 radical (unpaired) electrons. The molecular formula is C6H10ClPt. The Kier molecular flexibility index (Phi) is 8.41. The molecule has 0 saturated heterocycles. The van der Waals surface area contributed by atoms with Crippen molar-refractivity contribution in [1.29, 1.82) is 0 Å². The summed E-state index contributed by atoms with van der Waals surface area (Å²) in [6, 6.07) is 0. The van der Waals surface area contributed by atoms with E-state index in [0.717, 1.165) is 0 Å². The Morgan fingerprint density at radius 1 is 1.00 bits per heavy atom. The van der Waals surface area contributed by atoms with Gasteiger partial charge < -0.3 is 0 Å². The maximum absolute atomic E-state index is 4.61. The molecule has 0 aliphatic heterocycles. The molecule has 51 valence electrons. The first-order chi connectivity index (χ1) is 4.00. The molecule has 0 unspecified atom stereocenters. The number of hydrogen-bond donors (Lipinski definition) is 0. The van der Waals surface area contributed by atoms with Crippen molar-refractivity contribution in [1.82, 2.24) is 0 Å². The number of allylic oxidation sites excluding steroid dienone is 2. The number of rotatable bonds is 0. The van der Waals surface area contributed by atoms with E-state index in [1.807, 2.05) is 0 Å². The summed E-state index contributed by atoms with van der Waals surface area (Å²) < 4.78 is 0. The molecule has 0 aromatic carbocycles. The van der Waals surface area contributed by atoms with Crippen LogP contribution in [0.4, 0.5) is 0 Å². The summed E-state index contributed by atoms with van der Waals surface area (Å²) in [5.74, 6) is 0. The topological polar surface area (TPSA) is 0 Å². The van der Waals surface area contributed by atoms with Gasteiger partial charge in [-0.15, -0.1) is 0 Å². The van der Waals surface area contributed by atoms with Gasteiger partial charge in [0.05, 0.1) is 0 Å². The summed E-state index contributed by atoms with van der Waals surface area (Å²) in [5, 5.41) is 0. The molecule has 1 rings (SSSR count). The molecule has 1 aliphatic rings. The van der Waals surface area contributed by atoms with Gasteiger partial charge in [0.2, 0.25) is 0 Å². The van der Waals surface area contributed by atoms with Crippen molar-refractivity contribution < 1.29 is 18.8 Å². The Labute approximate surface area is 66.1 Å². The van der Waals surface area contributed by atoms with Gasteiger partial charge in [-0.05, 0) is 25.7 Å². The molecule has 8 heavy (non-hydrogen) atoms. The van der Waals surface area contributed by atoms with Gasteiger partial charge in [-0.2, -0.15) is 0 Å². The second-order valence-corrected chi connectivity index (χ2v) is 1.76. The Bertz CT molecular complexity index is 53.5. The third-order valence-electron chi connectivity index (χ3n) is 1.16. The van der Waals surface area contributed by atoms with Gasteiger partial charge in [0.25, 0.3) is 0 Å². The van der Waals surface area contributed by atoms with E-state index in [2.05, 4.69) is 21.6 Å². The fourth-order valence-corrected chi connectivity index (χ4v) is 0.760. The van der Waals surface area contributed by atoms with E-state index in [1.165, 1.54) is 25.7 Å². The third-order valence-corrected chi connectivity index (χ3v) is 1.16. The van der Waals surface area contributed by atoms with Crippen molar-refractivity contribution in [2.75, 3.05) is 0 Å². The van der Waals surface area contributed by atoms with Gasteiger partial charge in [0, 0.05) is 0 Å². The molecule has 0 atom stereocenters. The van der Waals surface area contributed by atoms with Gasteiger partial charge in [0.1, 0.15) is 0 Å². The zero-order chi connectivity index (χ0) is 6.24. The number of halogens is 1. The van der Waals surface area contributed by atoms with Crippen molar-refractivity contribution in [3.8, 4) is 0 Å². The Balaban J connectivity index is 0.000000222. The first kappa shape index (κ1) is 8.72. The Morgan fingerprint density at radius 3 is 1.50 bits per heavy atom. The molecular weight excluding hydrogens is 303 g/mol. The second-order valence-electron chi connectivity index (χ2n) is 1.76. The van der Waals surface area contributed by atoms with Crippen LogP contribution in [0.5, 0.6) is 0 Å². The second kappa shape index (κ2) is 7.72. The van der Waals surface area contributed by atoms with Gasteiger partial charge in [-0.3, -0.25) is 0 Å². The van der Waals surface area contributed by atoms with Crippen LogP contribution in [0.25, 0.3) is 0 Å². The summed E-state index contributed by atoms with van der Waals surface area (Å²) in [4.78, 5) is 0. The van der Waals surface area contributed by atoms with Crippen molar-refractivity contribution in [3.63, 3.8) is 0 Å². The molecule has 0 fully saturated rings. The Morgan fingerprint density at radius 2 is 1.38 bits per heavy atom. The van der Waals surface area contributed by atoms with Crippen LogP contribution in [-0.4, -0.2) is 0 Å². The van der Waals surface area contributed by atoms with Gasteiger partial charge in [0.15, 0.2) is 0 Å². The quantitative estimate of drug-likeness (QED) is 0.603. The van der Waals surface area contributed by atoms with E-state index in [9.17, 15) is 0 Å². The zero-order valence-electron chi connectivity index (χ0n) is 4.68. The van der Waals surface area contributed by atoms with Crippen LogP contribution >= 0.6 is 9.42 Å².